The van der Waals surface area contributed by atoms with Crippen LogP contribution < -0.4 is 5.73 Å². The highest BCUT2D eigenvalue weighted by molar-refractivity contribution is 6.20. The highest BCUT2D eigenvalue weighted by Crippen LogP contribution is 2.36. The third-order valence-electron chi connectivity index (χ3n) is 7.06. The van der Waals surface area contributed by atoms with Gasteiger partial charge >= 0.3 is 0 Å². The van der Waals surface area contributed by atoms with Gasteiger partial charge in [0.15, 0.2) is 5.78 Å². The number of hydrogen-bond acceptors (Lipinski definition) is 5. The number of aromatic nitrogens is 2. The van der Waals surface area contributed by atoms with Crippen LogP contribution in [0.3, 0.4) is 0 Å². The van der Waals surface area contributed by atoms with Crippen LogP contribution in [-0.4, -0.2) is 27.9 Å². The molecule has 4 aromatic carbocycles. The standard InChI is InChI=1S/C34H28N4O2/c1-22(36-31-14-7-6-13-30(31)35)26-11-8-12-29-28(16-15-27(23(2)39)34(26)29)32-21-33(24-17-19-40-20-18-24)38(37-32)25-9-4-3-5-10-25/h3-19,21H,20,35H2,1-2H3. The average Bonchev–Trinajstić information content (AvgIpc) is 3.43. The Morgan fingerprint density at radius 1 is 0.925 bits per heavy atom. The summed E-state index contributed by atoms with van der Waals surface area (Å²) in [6.07, 6.45) is 5.71. The summed E-state index contributed by atoms with van der Waals surface area (Å²) in [5.41, 5.74) is 14.4. The molecule has 0 aliphatic carbocycles. The minimum absolute atomic E-state index is 0.0102. The van der Waals surface area contributed by atoms with Crippen LogP contribution in [0.4, 0.5) is 11.4 Å². The Balaban J connectivity index is 1.58. The number of nitrogens with zero attached hydrogens (tertiary/aromatic N) is 3. The number of carbonyl (C=O) groups excluding carboxylic acids is 1. The predicted octanol–water partition coefficient (Wildman–Crippen LogP) is 7.55. The van der Waals surface area contributed by atoms with Crippen molar-refractivity contribution in [1.29, 1.82) is 0 Å². The van der Waals surface area contributed by atoms with Crippen molar-refractivity contribution in [3.05, 3.63) is 126 Å². The minimum Gasteiger partial charge on any atom is -0.497 e. The number of carbonyl (C=O) groups is 1. The average molecular weight is 525 g/mol. The van der Waals surface area contributed by atoms with E-state index in [0.717, 1.165) is 50.3 Å². The SMILES string of the molecule is CC(=O)c1ccc(-c2cc(C3=CCOC=C3)n(-c3ccccc3)n2)c2cccc(C(C)=Nc3ccccc3N)c12. The lowest BCUT2D eigenvalue weighted by Crippen LogP contribution is -2.03. The molecule has 0 spiro atoms. The molecule has 1 aromatic heterocycles. The van der Waals surface area contributed by atoms with Gasteiger partial charge in [-0.15, -0.1) is 0 Å². The summed E-state index contributed by atoms with van der Waals surface area (Å²) < 4.78 is 7.35. The van der Waals surface area contributed by atoms with Gasteiger partial charge in [0.2, 0.25) is 0 Å². The molecule has 0 atom stereocenters. The number of allylic oxidation sites excluding steroid dienone is 2. The number of aliphatic imine (C=N–C) groups is 1. The highest BCUT2D eigenvalue weighted by atomic mass is 16.5. The maximum absolute atomic E-state index is 12.8. The van der Waals surface area contributed by atoms with Gasteiger partial charge in [-0.25, -0.2) is 4.68 Å². The molecule has 0 amide bonds. The monoisotopic (exact) mass is 524 g/mol. The summed E-state index contributed by atoms with van der Waals surface area (Å²) in [4.78, 5) is 17.7. The fourth-order valence-corrected chi connectivity index (χ4v) is 5.11. The van der Waals surface area contributed by atoms with Gasteiger partial charge in [-0.1, -0.05) is 60.7 Å². The summed E-state index contributed by atoms with van der Waals surface area (Å²) >= 11 is 0. The zero-order valence-electron chi connectivity index (χ0n) is 22.3. The number of anilines is 1. The van der Waals surface area contributed by atoms with E-state index in [-0.39, 0.29) is 5.78 Å². The fourth-order valence-electron chi connectivity index (χ4n) is 5.11. The van der Waals surface area contributed by atoms with Crippen molar-refractivity contribution in [1.82, 2.24) is 9.78 Å². The third-order valence-corrected chi connectivity index (χ3v) is 7.06. The second-order valence-corrected chi connectivity index (χ2v) is 9.66. The van der Waals surface area contributed by atoms with E-state index in [1.165, 1.54) is 0 Å². The molecule has 6 heteroatoms. The molecule has 5 aromatic rings. The van der Waals surface area contributed by atoms with Crippen LogP contribution >= 0.6 is 0 Å². The van der Waals surface area contributed by atoms with Gasteiger partial charge < -0.3 is 10.5 Å². The summed E-state index contributed by atoms with van der Waals surface area (Å²) in [5, 5.41) is 6.86. The smallest absolute Gasteiger partial charge is 0.160 e. The predicted molar refractivity (Wildman–Crippen MR) is 162 cm³/mol. The van der Waals surface area contributed by atoms with Gasteiger partial charge in [-0.05, 0) is 61.7 Å². The van der Waals surface area contributed by atoms with Crippen LogP contribution in [0.2, 0.25) is 0 Å². The highest BCUT2D eigenvalue weighted by Gasteiger charge is 2.20. The molecule has 6 nitrogen and oxygen atoms in total. The number of rotatable bonds is 6. The molecule has 0 fully saturated rings. The zero-order chi connectivity index (χ0) is 27.6. The van der Waals surface area contributed by atoms with E-state index in [1.54, 1.807) is 13.2 Å². The summed E-state index contributed by atoms with van der Waals surface area (Å²) in [6, 6.07) is 29.6. The van der Waals surface area contributed by atoms with Crippen LogP contribution in [0.5, 0.6) is 0 Å². The van der Waals surface area contributed by atoms with Gasteiger partial charge in [0.05, 0.1) is 34.7 Å². The zero-order valence-corrected chi connectivity index (χ0v) is 22.3. The van der Waals surface area contributed by atoms with Crippen molar-refractivity contribution in [2.45, 2.75) is 13.8 Å². The number of hydrogen-bond donors (Lipinski definition) is 1. The van der Waals surface area contributed by atoms with Gasteiger partial charge in [0.25, 0.3) is 0 Å². The molecule has 2 heterocycles. The maximum atomic E-state index is 12.8. The Morgan fingerprint density at radius 3 is 2.48 bits per heavy atom. The minimum atomic E-state index is -0.0102. The number of ketones is 1. The summed E-state index contributed by atoms with van der Waals surface area (Å²) in [5.74, 6) is -0.0102. The van der Waals surface area contributed by atoms with Crippen molar-refractivity contribution in [2.75, 3.05) is 12.3 Å². The normalized spacial score (nSPS) is 13.2. The second-order valence-electron chi connectivity index (χ2n) is 9.66. The molecular formula is C34H28N4O2. The molecular weight excluding hydrogens is 496 g/mol. The van der Waals surface area contributed by atoms with Crippen LogP contribution in [0.1, 0.15) is 35.5 Å². The van der Waals surface area contributed by atoms with E-state index in [4.69, 9.17) is 20.6 Å². The van der Waals surface area contributed by atoms with Crippen LogP contribution in [-0.2, 0) is 4.74 Å². The maximum Gasteiger partial charge on any atom is 0.160 e. The third kappa shape index (κ3) is 4.60. The summed E-state index contributed by atoms with van der Waals surface area (Å²) in [6.45, 7) is 4.05. The number of ether oxygens (including phenoxy) is 1. The van der Waals surface area contributed by atoms with Gasteiger partial charge in [0, 0.05) is 33.4 Å². The first-order valence-corrected chi connectivity index (χ1v) is 13.1. The van der Waals surface area contributed by atoms with Crippen molar-refractivity contribution in [3.8, 4) is 16.9 Å². The van der Waals surface area contributed by atoms with Gasteiger partial charge in [-0.3, -0.25) is 9.79 Å². The fraction of sp³-hybridized carbons (Fsp3) is 0.0882. The second kappa shape index (κ2) is 10.5. The van der Waals surface area contributed by atoms with Crippen LogP contribution in [0.25, 0.3) is 33.3 Å². The van der Waals surface area contributed by atoms with Crippen molar-refractivity contribution in [3.63, 3.8) is 0 Å². The lowest BCUT2D eigenvalue weighted by Gasteiger charge is -2.13. The first-order valence-electron chi connectivity index (χ1n) is 13.1. The molecule has 0 saturated carbocycles. The summed E-state index contributed by atoms with van der Waals surface area (Å²) in [7, 11) is 0. The first kappa shape index (κ1) is 25.1. The molecule has 0 bridgehead atoms. The Hall–Kier alpha value is -5.23. The van der Waals surface area contributed by atoms with Crippen molar-refractivity contribution in [2.24, 2.45) is 4.99 Å². The number of nitrogens with two attached hydrogens (primary N) is 1. The molecule has 0 radical (unpaired) electrons. The molecule has 0 saturated heterocycles. The number of Topliss-reactive ketones (excluding diaryl/α,β-unsaturated/α-hetero) is 1. The van der Waals surface area contributed by atoms with Crippen LogP contribution in [0, 0.1) is 0 Å². The number of para-hydroxylation sites is 3. The van der Waals surface area contributed by atoms with Gasteiger partial charge in [-0.2, -0.15) is 5.10 Å². The molecule has 40 heavy (non-hydrogen) atoms. The van der Waals surface area contributed by atoms with Crippen LogP contribution in [0.15, 0.2) is 114 Å². The molecule has 0 unspecified atom stereocenters. The van der Waals surface area contributed by atoms with E-state index >= 15 is 0 Å². The van der Waals surface area contributed by atoms with E-state index < -0.39 is 0 Å². The number of nitrogen functional groups attached to an aromatic ring is 1. The lowest BCUT2D eigenvalue weighted by atomic mass is 9.91. The van der Waals surface area contributed by atoms with E-state index in [2.05, 4.69) is 6.07 Å². The largest absolute Gasteiger partial charge is 0.497 e. The Bertz CT molecular complexity index is 1850. The Morgan fingerprint density at radius 2 is 1.73 bits per heavy atom. The topological polar surface area (TPSA) is 82.5 Å². The van der Waals surface area contributed by atoms with E-state index in [0.29, 0.717) is 23.5 Å². The quantitative estimate of drug-likeness (QED) is 0.141. The lowest BCUT2D eigenvalue weighted by molar-refractivity contribution is 0.101. The Kier molecular flexibility index (Phi) is 6.58. The van der Waals surface area contributed by atoms with Crippen molar-refractivity contribution >= 4 is 39.2 Å². The Labute approximate surface area is 232 Å². The van der Waals surface area contributed by atoms with Crippen molar-refractivity contribution < 1.29 is 9.53 Å². The number of benzene rings is 4. The molecule has 1 aliphatic heterocycles. The van der Waals surface area contributed by atoms with Gasteiger partial charge in [0.1, 0.15) is 6.61 Å². The first-order chi connectivity index (χ1) is 19.5. The van der Waals surface area contributed by atoms with E-state index in [1.807, 2.05) is 109 Å². The molecule has 196 valence electrons. The van der Waals surface area contributed by atoms with E-state index in [9.17, 15) is 4.79 Å². The molecule has 6 rings (SSSR count). The number of fused-ring (bicyclic) bond motifs is 1. The molecule has 1 aliphatic rings. The molecule has 2 N–H and O–H groups in total.